The van der Waals surface area contributed by atoms with E-state index in [-0.39, 0.29) is 17.2 Å². The van der Waals surface area contributed by atoms with Gasteiger partial charge in [0.15, 0.2) is 0 Å². The van der Waals surface area contributed by atoms with E-state index in [1.807, 2.05) is 26.1 Å². The van der Waals surface area contributed by atoms with Crippen molar-refractivity contribution in [2.75, 3.05) is 0 Å². The minimum absolute atomic E-state index is 0.0115. The van der Waals surface area contributed by atoms with Crippen LogP contribution in [0.4, 0.5) is 4.39 Å². The van der Waals surface area contributed by atoms with Gasteiger partial charge in [-0.25, -0.2) is 4.39 Å². The molecule has 17 heavy (non-hydrogen) atoms. The highest BCUT2D eigenvalue weighted by Gasteiger charge is 2.30. The SMILES string of the molecule is CCc1ccnc(C2C=C(F)C(C)(C)CC2)c1. The molecule has 2 heteroatoms. The van der Waals surface area contributed by atoms with Gasteiger partial charge < -0.3 is 0 Å². The molecule has 92 valence electrons. The lowest BCUT2D eigenvalue weighted by atomic mass is 9.76. The molecule has 0 bridgehead atoms. The minimum atomic E-state index is -0.293. The molecule has 0 spiro atoms. The molecule has 1 aliphatic carbocycles. The summed E-state index contributed by atoms with van der Waals surface area (Å²) >= 11 is 0. The molecule has 1 unspecified atom stereocenters. The van der Waals surface area contributed by atoms with Crippen molar-refractivity contribution in [1.29, 1.82) is 0 Å². The zero-order valence-corrected chi connectivity index (χ0v) is 10.8. The summed E-state index contributed by atoms with van der Waals surface area (Å²) in [5, 5.41) is 0. The van der Waals surface area contributed by atoms with E-state index in [0.717, 1.165) is 25.0 Å². The van der Waals surface area contributed by atoms with Gasteiger partial charge in [0.1, 0.15) is 5.83 Å². The van der Waals surface area contributed by atoms with Crippen molar-refractivity contribution in [3.8, 4) is 0 Å². The van der Waals surface area contributed by atoms with Crippen LogP contribution in [0.15, 0.2) is 30.2 Å². The molecule has 0 radical (unpaired) electrons. The van der Waals surface area contributed by atoms with Gasteiger partial charge in [-0.05, 0) is 43.0 Å². The van der Waals surface area contributed by atoms with Gasteiger partial charge in [-0.3, -0.25) is 4.98 Å². The van der Waals surface area contributed by atoms with Crippen molar-refractivity contribution in [2.24, 2.45) is 5.41 Å². The van der Waals surface area contributed by atoms with E-state index in [9.17, 15) is 4.39 Å². The Hall–Kier alpha value is -1.18. The van der Waals surface area contributed by atoms with Crippen molar-refractivity contribution < 1.29 is 4.39 Å². The molecule has 1 nitrogen and oxygen atoms in total. The van der Waals surface area contributed by atoms with E-state index < -0.39 is 0 Å². The second kappa shape index (κ2) is 4.59. The van der Waals surface area contributed by atoms with Crippen LogP contribution in [0.25, 0.3) is 0 Å². The first-order valence-electron chi connectivity index (χ1n) is 6.35. The summed E-state index contributed by atoms with van der Waals surface area (Å²) in [6.07, 6.45) is 6.46. The van der Waals surface area contributed by atoms with Crippen molar-refractivity contribution >= 4 is 0 Å². The van der Waals surface area contributed by atoms with E-state index in [1.54, 1.807) is 6.08 Å². The number of hydrogen-bond acceptors (Lipinski definition) is 1. The molecule has 1 aromatic rings. The molecule has 0 aliphatic heterocycles. The Morgan fingerprint density at radius 2 is 2.24 bits per heavy atom. The van der Waals surface area contributed by atoms with Crippen LogP contribution in [0, 0.1) is 5.41 Å². The number of allylic oxidation sites excluding steroid dienone is 2. The third kappa shape index (κ3) is 2.56. The summed E-state index contributed by atoms with van der Waals surface area (Å²) in [6.45, 7) is 6.05. The van der Waals surface area contributed by atoms with E-state index in [0.29, 0.717) is 0 Å². The van der Waals surface area contributed by atoms with Crippen molar-refractivity contribution in [3.05, 3.63) is 41.5 Å². The highest BCUT2D eigenvalue weighted by Crippen LogP contribution is 2.42. The van der Waals surface area contributed by atoms with Gasteiger partial charge in [0.05, 0.1) is 0 Å². The van der Waals surface area contributed by atoms with Crippen molar-refractivity contribution in [3.63, 3.8) is 0 Å². The van der Waals surface area contributed by atoms with Crippen molar-refractivity contribution in [2.45, 2.75) is 46.0 Å². The van der Waals surface area contributed by atoms with Gasteiger partial charge in [0, 0.05) is 23.2 Å². The minimum Gasteiger partial charge on any atom is -0.261 e. The maximum absolute atomic E-state index is 13.9. The van der Waals surface area contributed by atoms with Crippen LogP contribution in [0.1, 0.15) is 50.8 Å². The molecule has 0 aromatic carbocycles. The molecule has 0 fully saturated rings. The molecule has 1 aromatic heterocycles. The fraction of sp³-hybridized carbons (Fsp3) is 0.533. The fourth-order valence-corrected chi connectivity index (χ4v) is 2.27. The van der Waals surface area contributed by atoms with E-state index in [2.05, 4.69) is 18.0 Å². The number of pyridine rings is 1. The summed E-state index contributed by atoms with van der Waals surface area (Å²) in [5.74, 6) is 0.159. The van der Waals surface area contributed by atoms with Crippen LogP contribution in [-0.4, -0.2) is 4.98 Å². The Bertz CT molecular complexity index is 434. The average Bonchev–Trinajstić information content (AvgIpc) is 2.33. The van der Waals surface area contributed by atoms with Crippen molar-refractivity contribution in [1.82, 2.24) is 4.98 Å². The molecular weight excluding hydrogens is 213 g/mol. The predicted octanol–water partition coefficient (Wildman–Crippen LogP) is 4.40. The number of aryl methyl sites for hydroxylation is 1. The largest absolute Gasteiger partial charge is 0.261 e. The Morgan fingerprint density at radius 3 is 2.88 bits per heavy atom. The van der Waals surface area contributed by atoms with Crippen LogP contribution in [-0.2, 0) is 6.42 Å². The molecule has 1 heterocycles. The highest BCUT2D eigenvalue weighted by atomic mass is 19.1. The van der Waals surface area contributed by atoms with Gasteiger partial charge >= 0.3 is 0 Å². The number of halogens is 1. The molecule has 0 N–H and O–H groups in total. The Balaban J connectivity index is 2.27. The molecule has 1 atom stereocenters. The topological polar surface area (TPSA) is 12.9 Å². The molecule has 0 amide bonds. The number of hydrogen-bond donors (Lipinski definition) is 0. The van der Waals surface area contributed by atoms with Crippen LogP contribution in [0.3, 0.4) is 0 Å². The first kappa shape index (κ1) is 12.3. The lowest BCUT2D eigenvalue weighted by molar-refractivity contribution is 0.287. The normalized spacial score (nSPS) is 23.3. The van der Waals surface area contributed by atoms with E-state index >= 15 is 0 Å². The lowest BCUT2D eigenvalue weighted by Crippen LogP contribution is -2.19. The molecule has 2 rings (SSSR count). The third-order valence-electron chi connectivity index (χ3n) is 3.71. The lowest BCUT2D eigenvalue weighted by Gasteiger charge is -2.30. The van der Waals surface area contributed by atoms with Crippen LogP contribution in [0.2, 0.25) is 0 Å². The van der Waals surface area contributed by atoms with E-state index in [4.69, 9.17) is 0 Å². The Kier molecular flexibility index (Phi) is 3.32. The zero-order valence-electron chi connectivity index (χ0n) is 10.8. The molecule has 0 saturated heterocycles. The quantitative estimate of drug-likeness (QED) is 0.737. The maximum atomic E-state index is 13.9. The summed E-state index contributed by atoms with van der Waals surface area (Å²) in [6, 6.07) is 4.13. The Morgan fingerprint density at radius 1 is 1.47 bits per heavy atom. The van der Waals surface area contributed by atoms with Gasteiger partial charge in [-0.1, -0.05) is 20.8 Å². The predicted molar refractivity (Wildman–Crippen MR) is 68.6 cm³/mol. The summed E-state index contributed by atoms with van der Waals surface area (Å²) < 4.78 is 13.9. The van der Waals surface area contributed by atoms with Crippen LogP contribution in [0.5, 0.6) is 0 Å². The van der Waals surface area contributed by atoms with Gasteiger partial charge in [-0.2, -0.15) is 0 Å². The average molecular weight is 233 g/mol. The second-order valence-corrected chi connectivity index (χ2v) is 5.49. The van der Waals surface area contributed by atoms with E-state index in [1.165, 1.54) is 5.56 Å². The first-order chi connectivity index (χ1) is 8.03. The molecule has 1 aliphatic rings. The fourth-order valence-electron chi connectivity index (χ4n) is 2.27. The van der Waals surface area contributed by atoms with Gasteiger partial charge in [0.25, 0.3) is 0 Å². The smallest absolute Gasteiger partial charge is 0.102 e. The first-order valence-corrected chi connectivity index (χ1v) is 6.35. The zero-order chi connectivity index (χ0) is 12.5. The monoisotopic (exact) mass is 233 g/mol. The summed E-state index contributed by atoms with van der Waals surface area (Å²) in [7, 11) is 0. The molecule has 0 saturated carbocycles. The standard InChI is InChI=1S/C15H20FN/c1-4-11-6-8-17-13(9-11)12-5-7-15(2,3)14(16)10-12/h6,8-10,12H,4-5,7H2,1-3H3. The molecular formula is C15H20FN. The second-order valence-electron chi connectivity index (χ2n) is 5.49. The number of rotatable bonds is 2. The summed E-state index contributed by atoms with van der Waals surface area (Å²) in [4.78, 5) is 4.38. The van der Waals surface area contributed by atoms with Gasteiger partial charge in [0.2, 0.25) is 0 Å². The highest BCUT2D eigenvalue weighted by molar-refractivity contribution is 5.26. The maximum Gasteiger partial charge on any atom is 0.102 e. The Labute approximate surface area is 103 Å². The summed E-state index contributed by atoms with van der Waals surface area (Å²) in [5.41, 5.74) is 1.99. The number of nitrogens with zero attached hydrogens (tertiary/aromatic N) is 1. The van der Waals surface area contributed by atoms with Crippen LogP contribution >= 0.6 is 0 Å². The van der Waals surface area contributed by atoms with Crippen LogP contribution < -0.4 is 0 Å². The van der Waals surface area contributed by atoms with Gasteiger partial charge in [-0.15, -0.1) is 0 Å². The third-order valence-corrected chi connectivity index (χ3v) is 3.71. The number of aromatic nitrogens is 1.